The van der Waals surface area contributed by atoms with Crippen molar-refractivity contribution in [2.75, 3.05) is 6.54 Å². The summed E-state index contributed by atoms with van der Waals surface area (Å²) in [4.78, 5) is 12.8. The lowest BCUT2D eigenvalue weighted by molar-refractivity contribution is 0.0943. The molecular weight excluding hydrogens is 455 g/mol. The number of nitrogens with zero attached hydrogens (tertiary/aromatic N) is 3. The first-order chi connectivity index (χ1) is 15.2. The maximum absolute atomic E-state index is 13.5. The zero-order chi connectivity index (χ0) is 23.0. The third-order valence-corrected chi connectivity index (χ3v) is 7.62. The second kappa shape index (κ2) is 8.65. The van der Waals surface area contributed by atoms with Gasteiger partial charge in [0.2, 0.25) is 10.0 Å². The molecule has 32 heavy (non-hydrogen) atoms. The number of hydrogen-bond acceptors (Lipinski definition) is 4. The third kappa shape index (κ3) is 4.28. The monoisotopic (exact) mass is 476 g/mol. The molecule has 0 saturated heterocycles. The highest BCUT2D eigenvalue weighted by atomic mass is 35.5. The SMILES string of the molecule is Cc1cccc(CNC(=O)c2nn(C)c3c2CN(S(=O)(=O)c2ccc(F)c(Cl)c2)CC3)c1. The van der Waals surface area contributed by atoms with E-state index in [1.54, 1.807) is 11.7 Å². The first-order valence-electron chi connectivity index (χ1n) is 10.0. The molecule has 1 N–H and O–H groups in total. The van der Waals surface area contributed by atoms with E-state index in [9.17, 15) is 17.6 Å². The van der Waals surface area contributed by atoms with Crippen molar-refractivity contribution in [2.45, 2.75) is 31.3 Å². The van der Waals surface area contributed by atoms with Gasteiger partial charge in [-0.3, -0.25) is 9.48 Å². The minimum atomic E-state index is -3.92. The molecule has 0 fully saturated rings. The standard InChI is InChI=1S/C22H22ClFN4O3S/c1-14-4-3-5-15(10-14)12-25-22(29)21-17-13-28(9-8-20(17)27(2)26-21)32(30,31)16-6-7-19(24)18(23)11-16/h3-7,10-11H,8-9,12-13H2,1-2H3,(H,25,29). The van der Waals surface area contributed by atoms with Crippen LogP contribution in [-0.2, 0) is 36.6 Å². The van der Waals surface area contributed by atoms with Crippen LogP contribution < -0.4 is 5.32 Å². The molecule has 0 radical (unpaired) electrons. The zero-order valence-electron chi connectivity index (χ0n) is 17.6. The number of carbonyl (C=O) groups is 1. The lowest BCUT2D eigenvalue weighted by atomic mass is 10.1. The summed E-state index contributed by atoms with van der Waals surface area (Å²) in [5, 5.41) is 6.95. The van der Waals surface area contributed by atoms with Gasteiger partial charge in [-0.2, -0.15) is 9.40 Å². The first-order valence-corrected chi connectivity index (χ1v) is 11.8. The second-order valence-electron chi connectivity index (χ2n) is 7.73. The first kappa shape index (κ1) is 22.4. The summed E-state index contributed by atoms with van der Waals surface area (Å²) in [6, 6.07) is 11.1. The Hall–Kier alpha value is -2.75. The van der Waals surface area contributed by atoms with Crippen molar-refractivity contribution in [3.63, 3.8) is 0 Å². The molecule has 7 nitrogen and oxygen atoms in total. The quantitative estimate of drug-likeness (QED) is 0.613. The number of halogens is 2. The van der Waals surface area contributed by atoms with Crippen LogP contribution in [0.1, 0.15) is 32.9 Å². The summed E-state index contributed by atoms with van der Waals surface area (Å²) in [5.41, 5.74) is 3.63. The molecule has 0 unspecified atom stereocenters. The van der Waals surface area contributed by atoms with E-state index in [1.807, 2.05) is 31.2 Å². The molecule has 4 rings (SSSR count). The largest absolute Gasteiger partial charge is 0.347 e. The maximum atomic E-state index is 13.5. The van der Waals surface area contributed by atoms with E-state index in [2.05, 4.69) is 10.4 Å². The van der Waals surface area contributed by atoms with Crippen molar-refractivity contribution in [1.82, 2.24) is 19.4 Å². The number of carbonyl (C=O) groups excluding carboxylic acids is 1. The van der Waals surface area contributed by atoms with Crippen LogP contribution in [-0.4, -0.2) is 35.0 Å². The van der Waals surface area contributed by atoms with Gasteiger partial charge in [-0.25, -0.2) is 12.8 Å². The fourth-order valence-corrected chi connectivity index (χ4v) is 5.51. The number of sulfonamides is 1. The Labute approximate surface area is 190 Å². The van der Waals surface area contributed by atoms with Crippen LogP contribution in [0.2, 0.25) is 5.02 Å². The maximum Gasteiger partial charge on any atom is 0.272 e. The van der Waals surface area contributed by atoms with Crippen molar-refractivity contribution in [3.05, 3.63) is 81.4 Å². The number of aryl methyl sites for hydroxylation is 2. The highest BCUT2D eigenvalue weighted by Crippen LogP contribution is 2.28. The minimum Gasteiger partial charge on any atom is -0.347 e. The van der Waals surface area contributed by atoms with Crippen LogP contribution in [0.4, 0.5) is 4.39 Å². The summed E-state index contributed by atoms with van der Waals surface area (Å²) < 4.78 is 42.6. The van der Waals surface area contributed by atoms with E-state index < -0.39 is 15.8 Å². The summed E-state index contributed by atoms with van der Waals surface area (Å²) in [6.45, 7) is 2.52. The van der Waals surface area contributed by atoms with Crippen molar-refractivity contribution in [3.8, 4) is 0 Å². The Morgan fingerprint density at radius 3 is 2.75 bits per heavy atom. The number of nitrogens with one attached hydrogen (secondary N) is 1. The smallest absolute Gasteiger partial charge is 0.272 e. The van der Waals surface area contributed by atoms with Crippen molar-refractivity contribution < 1.29 is 17.6 Å². The molecule has 0 spiro atoms. The Bertz CT molecular complexity index is 1310. The van der Waals surface area contributed by atoms with Crippen LogP contribution in [0.5, 0.6) is 0 Å². The van der Waals surface area contributed by atoms with Gasteiger partial charge >= 0.3 is 0 Å². The van der Waals surface area contributed by atoms with Gasteiger partial charge in [-0.05, 0) is 30.7 Å². The molecule has 1 aliphatic heterocycles. The second-order valence-corrected chi connectivity index (χ2v) is 10.1. The van der Waals surface area contributed by atoms with Crippen molar-refractivity contribution >= 4 is 27.5 Å². The highest BCUT2D eigenvalue weighted by Gasteiger charge is 2.33. The van der Waals surface area contributed by atoms with E-state index >= 15 is 0 Å². The number of rotatable bonds is 5. The van der Waals surface area contributed by atoms with E-state index in [-0.39, 0.29) is 34.6 Å². The lowest BCUT2D eigenvalue weighted by Crippen LogP contribution is -2.37. The van der Waals surface area contributed by atoms with Crippen LogP contribution in [0, 0.1) is 12.7 Å². The van der Waals surface area contributed by atoms with E-state index in [4.69, 9.17) is 11.6 Å². The summed E-state index contributed by atoms with van der Waals surface area (Å²) >= 11 is 5.78. The zero-order valence-corrected chi connectivity index (χ0v) is 19.2. The number of aromatic nitrogens is 2. The van der Waals surface area contributed by atoms with Crippen LogP contribution in [0.15, 0.2) is 47.4 Å². The predicted octanol–water partition coefficient (Wildman–Crippen LogP) is 3.20. The summed E-state index contributed by atoms with van der Waals surface area (Å²) in [5.74, 6) is -1.06. The Kier molecular flexibility index (Phi) is 6.07. The highest BCUT2D eigenvalue weighted by molar-refractivity contribution is 7.89. The van der Waals surface area contributed by atoms with Gasteiger partial charge in [0.15, 0.2) is 5.69 Å². The molecule has 1 aromatic heterocycles. The molecule has 168 valence electrons. The van der Waals surface area contributed by atoms with Gasteiger partial charge in [0, 0.05) is 44.4 Å². The summed E-state index contributed by atoms with van der Waals surface area (Å²) in [7, 11) is -2.19. The Morgan fingerprint density at radius 2 is 2.03 bits per heavy atom. The van der Waals surface area contributed by atoms with Crippen LogP contribution >= 0.6 is 11.6 Å². The molecular formula is C22H22ClFN4O3S. The number of benzene rings is 2. The molecule has 2 heterocycles. The van der Waals surface area contributed by atoms with Crippen LogP contribution in [0.3, 0.4) is 0 Å². The van der Waals surface area contributed by atoms with E-state index in [1.165, 1.54) is 10.4 Å². The van der Waals surface area contributed by atoms with Gasteiger partial charge in [0.25, 0.3) is 5.91 Å². The fraction of sp³-hybridized carbons (Fsp3) is 0.273. The Balaban J connectivity index is 1.57. The molecule has 10 heteroatoms. The fourth-order valence-electron chi connectivity index (χ4n) is 3.83. The summed E-state index contributed by atoms with van der Waals surface area (Å²) in [6.07, 6.45) is 0.401. The van der Waals surface area contributed by atoms with Gasteiger partial charge in [-0.15, -0.1) is 0 Å². The molecule has 0 saturated carbocycles. The van der Waals surface area contributed by atoms with Gasteiger partial charge < -0.3 is 5.32 Å². The number of amides is 1. The van der Waals surface area contributed by atoms with Gasteiger partial charge in [0.05, 0.1) is 9.92 Å². The normalized spacial score (nSPS) is 14.2. The van der Waals surface area contributed by atoms with Gasteiger partial charge in [0.1, 0.15) is 5.82 Å². The molecule has 2 aromatic carbocycles. The number of fused-ring (bicyclic) bond motifs is 1. The van der Waals surface area contributed by atoms with E-state index in [0.717, 1.165) is 29.0 Å². The van der Waals surface area contributed by atoms with Gasteiger partial charge in [-0.1, -0.05) is 41.4 Å². The Morgan fingerprint density at radius 1 is 1.25 bits per heavy atom. The molecule has 0 aliphatic carbocycles. The van der Waals surface area contributed by atoms with Crippen molar-refractivity contribution in [2.24, 2.45) is 7.05 Å². The molecule has 0 bridgehead atoms. The van der Waals surface area contributed by atoms with Crippen LogP contribution in [0.25, 0.3) is 0 Å². The molecule has 1 aliphatic rings. The molecule has 1 amide bonds. The average Bonchev–Trinajstić information content (AvgIpc) is 3.10. The lowest BCUT2D eigenvalue weighted by Gasteiger charge is -2.27. The minimum absolute atomic E-state index is 0.00625. The van der Waals surface area contributed by atoms with E-state index in [0.29, 0.717) is 18.5 Å². The average molecular weight is 477 g/mol. The topological polar surface area (TPSA) is 84.3 Å². The molecule has 3 aromatic rings. The number of hydrogen-bond donors (Lipinski definition) is 1. The van der Waals surface area contributed by atoms with Crippen molar-refractivity contribution in [1.29, 1.82) is 0 Å². The predicted molar refractivity (Wildman–Crippen MR) is 118 cm³/mol. The molecule has 0 atom stereocenters. The third-order valence-electron chi connectivity index (χ3n) is 5.49.